The number of aryl methyl sites for hydroxylation is 1. The Kier molecular flexibility index (Phi) is 7.58. The van der Waals surface area contributed by atoms with Gasteiger partial charge >= 0.3 is 0 Å². The molecule has 1 N–H and O–H groups in total. The lowest BCUT2D eigenvalue weighted by molar-refractivity contribution is 0.391. The highest BCUT2D eigenvalue weighted by Gasteiger charge is 2.24. The standard InChI is InChI=1S/C22H24FN7O2S2/c1-5-15(9-18-24-10-14(23)11-25-18)34-29-22-28-27-20(21-26-13(2)12-33-21)30(22)19-16(31-3)7-6-8-17(19)32-4/h6-8,10-12,15H,5,9H2,1-4H3,(H,28,29). The molecule has 0 radical (unpaired) electrons. The van der Waals surface area contributed by atoms with Gasteiger partial charge in [0.05, 0.1) is 26.6 Å². The number of ether oxygens (including phenoxy) is 2. The molecule has 0 aliphatic carbocycles. The first-order chi connectivity index (χ1) is 16.5. The Morgan fingerprint density at radius 2 is 1.85 bits per heavy atom. The zero-order valence-electron chi connectivity index (χ0n) is 19.1. The van der Waals surface area contributed by atoms with E-state index in [4.69, 9.17) is 9.47 Å². The number of nitrogens with zero attached hydrogens (tertiary/aromatic N) is 6. The molecule has 0 saturated carbocycles. The summed E-state index contributed by atoms with van der Waals surface area (Å²) in [5, 5.41) is 11.6. The van der Waals surface area contributed by atoms with Crippen LogP contribution in [-0.4, -0.2) is 49.2 Å². The number of anilines is 1. The van der Waals surface area contributed by atoms with Gasteiger partial charge in [-0.05, 0) is 37.4 Å². The van der Waals surface area contributed by atoms with Gasteiger partial charge in [0.15, 0.2) is 16.6 Å². The summed E-state index contributed by atoms with van der Waals surface area (Å²) in [7, 11) is 3.21. The van der Waals surface area contributed by atoms with Gasteiger partial charge in [0.2, 0.25) is 5.95 Å². The van der Waals surface area contributed by atoms with Crippen LogP contribution >= 0.6 is 23.3 Å². The molecule has 12 heteroatoms. The van der Waals surface area contributed by atoms with Crippen LogP contribution in [0.4, 0.5) is 10.3 Å². The molecule has 0 bridgehead atoms. The summed E-state index contributed by atoms with van der Waals surface area (Å²) in [6.45, 7) is 4.00. The van der Waals surface area contributed by atoms with Gasteiger partial charge in [0, 0.05) is 22.7 Å². The van der Waals surface area contributed by atoms with Crippen LogP contribution in [-0.2, 0) is 6.42 Å². The predicted molar refractivity (Wildman–Crippen MR) is 131 cm³/mol. The Hall–Kier alpha value is -3.25. The summed E-state index contributed by atoms with van der Waals surface area (Å²) < 4.78 is 29.6. The molecule has 34 heavy (non-hydrogen) atoms. The lowest BCUT2D eigenvalue weighted by Gasteiger charge is -2.18. The zero-order chi connectivity index (χ0) is 24.1. The van der Waals surface area contributed by atoms with E-state index >= 15 is 0 Å². The van der Waals surface area contributed by atoms with E-state index in [2.05, 4.69) is 36.8 Å². The molecule has 1 aromatic carbocycles. The lowest BCUT2D eigenvalue weighted by Crippen LogP contribution is -2.13. The van der Waals surface area contributed by atoms with E-state index in [1.807, 2.05) is 35.1 Å². The average Bonchev–Trinajstić information content (AvgIpc) is 3.48. The van der Waals surface area contributed by atoms with Crippen molar-refractivity contribution in [3.63, 3.8) is 0 Å². The summed E-state index contributed by atoms with van der Waals surface area (Å²) in [6, 6.07) is 5.56. The molecule has 9 nitrogen and oxygen atoms in total. The number of aromatic nitrogens is 6. The molecular formula is C22H24FN7O2S2. The number of hydrogen-bond donors (Lipinski definition) is 1. The Morgan fingerprint density at radius 3 is 2.44 bits per heavy atom. The van der Waals surface area contributed by atoms with Crippen molar-refractivity contribution in [2.75, 3.05) is 18.9 Å². The second kappa shape index (κ2) is 10.8. The van der Waals surface area contributed by atoms with Crippen LogP contribution in [0.3, 0.4) is 0 Å². The van der Waals surface area contributed by atoms with Crippen molar-refractivity contribution in [3.8, 4) is 28.0 Å². The van der Waals surface area contributed by atoms with Crippen molar-refractivity contribution in [3.05, 3.63) is 53.3 Å². The molecule has 0 aliphatic heterocycles. The van der Waals surface area contributed by atoms with Crippen LogP contribution in [0.1, 0.15) is 24.9 Å². The van der Waals surface area contributed by atoms with Crippen LogP contribution < -0.4 is 14.2 Å². The molecule has 0 amide bonds. The van der Waals surface area contributed by atoms with E-state index in [1.165, 1.54) is 35.7 Å². The number of para-hydroxylation sites is 1. The predicted octanol–water partition coefficient (Wildman–Crippen LogP) is 4.73. The number of thiazole rings is 1. The minimum Gasteiger partial charge on any atom is -0.494 e. The zero-order valence-corrected chi connectivity index (χ0v) is 20.8. The van der Waals surface area contributed by atoms with E-state index in [0.29, 0.717) is 41.2 Å². The average molecular weight is 502 g/mol. The minimum atomic E-state index is -0.452. The van der Waals surface area contributed by atoms with E-state index in [-0.39, 0.29) is 5.25 Å². The van der Waals surface area contributed by atoms with Gasteiger partial charge in [-0.25, -0.2) is 19.3 Å². The molecule has 4 aromatic rings. The maximum absolute atomic E-state index is 13.2. The Balaban J connectivity index is 1.69. The Morgan fingerprint density at radius 1 is 1.15 bits per heavy atom. The summed E-state index contributed by atoms with van der Waals surface area (Å²) in [5.74, 6) is 2.40. The molecule has 0 saturated heterocycles. The highest BCUT2D eigenvalue weighted by atomic mass is 32.2. The maximum Gasteiger partial charge on any atom is 0.239 e. The Bertz CT molecular complexity index is 1220. The van der Waals surface area contributed by atoms with Crippen molar-refractivity contribution in [2.24, 2.45) is 0 Å². The number of rotatable bonds is 10. The van der Waals surface area contributed by atoms with E-state index in [0.717, 1.165) is 17.1 Å². The molecule has 1 unspecified atom stereocenters. The molecule has 3 heterocycles. The fourth-order valence-electron chi connectivity index (χ4n) is 3.26. The van der Waals surface area contributed by atoms with Gasteiger partial charge in [-0.3, -0.25) is 9.29 Å². The van der Waals surface area contributed by atoms with Crippen LogP contribution in [0.15, 0.2) is 36.0 Å². The quantitative estimate of drug-likeness (QED) is 0.309. The fraction of sp³-hybridized carbons (Fsp3) is 0.318. The molecule has 0 fully saturated rings. The summed E-state index contributed by atoms with van der Waals surface area (Å²) in [4.78, 5) is 12.8. The minimum absolute atomic E-state index is 0.112. The number of hydrogen-bond acceptors (Lipinski definition) is 10. The third-order valence-corrected chi connectivity index (χ3v) is 7.04. The topological polar surface area (TPSA) is 99.9 Å². The number of benzene rings is 1. The van der Waals surface area contributed by atoms with Gasteiger partial charge in [0.25, 0.3) is 0 Å². The van der Waals surface area contributed by atoms with Gasteiger partial charge in [-0.1, -0.05) is 13.0 Å². The van der Waals surface area contributed by atoms with Crippen molar-refractivity contribution in [2.45, 2.75) is 31.9 Å². The van der Waals surface area contributed by atoms with Crippen LogP contribution in [0.5, 0.6) is 11.5 Å². The van der Waals surface area contributed by atoms with E-state index in [9.17, 15) is 4.39 Å². The van der Waals surface area contributed by atoms with Gasteiger partial charge in [-0.15, -0.1) is 21.5 Å². The van der Waals surface area contributed by atoms with Crippen molar-refractivity contribution in [1.82, 2.24) is 29.7 Å². The molecule has 178 valence electrons. The van der Waals surface area contributed by atoms with Gasteiger partial charge in [0.1, 0.15) is 23.0 Å². The molecule has 0 aliphatic rings. The summed E-state index contributed by atoms with van der Waals surface area (Å²) >= 11 is 2.96. The molecule has 1 atom stereocenters. The number of halogens is 1. The Labute approximate surface area is 204 Å². The smallest absolute Gasteiger partial charge is 0.239 e. The molecule has 4 rings (SSSR count). The first-order valence-electron chi connectivity index (χ1n) is 10.5. The highest BCUT2D eigenvalue weighted by molar-refractivity contribution is 8.01. The van der Waals surface area contributed by atoms with E-state index in [1.54, 1.807) is 14.2 Å². The highest BCUT2D eigenvalue weighted by Crippen LogP contribution is 2.38. The lowest BCUT2D eigenvalue weighted by atomic mass is 10.2. The van der Waals surface area contributed by atoms with Crippen molar-refractivity contribution >= 4 is 29.2 Å². The largest absolute Gasteiger partial charge is 0.494 e. The summed E-state index contributed by atoms with van der Waals surface area (Å²) in [5.41, 5.74) is 1.56. The first kappa shape index (κ1) is 23.9. The molecule has 0 spiro atoms. The first-order valence-corrected chi connectivity index (χ1v) is 12.3. The van der Waals surface area contributed by atoms with E-state index < -0.39 is 5.82 Å². The van der Waals surface area contributed by atoms with Crippen LogP contribution in [0.25, 0.3) is 16.5 Å². The van der Waals surface area contributed by atoms with Crippen molar-refractivity contribution in [1.29, 1.82) is 0 Å². The van der Waals surface area contributed by atoms with Gasteiger partial charge in [-0.2, -0.15) is 0 Å². The van der Waals surface area contributed by atoms with Gasteiger partial charge < -0.3 is 9.47 Å². The third kappa shape index (κ3) is 5.12. The monoisotopic (exact) mass is 501 g/mol. The maximum atomic E-state index is 13.2. The van der Waals surface area contributed by atoms with Crippen LogP contribution in [0.2, 0.25) is 0 Å². The summed E-state index contributed by atoms with van der Waals surface area (Å²) in [6.07, 6.45) is 3.77. The SMILES string of the molecule is CCC(Cc1ncc(F)cn1)SNc1nnc(-c2nc(C)cs2)n1-c1c(OC)cccc1OC. The number of nitrogens with one attached hydrogen (secondary N) is 1. The van der Waals surface area contributed by atoms with Crippen LogP contribution in [0, 0.1) is 12.7 Å². The number of methoxy groups -OCH3 is 2. The van der Waals surface area contributed by atoms with Crippen molar-refractivity contribution < 1.29 is 13.9 Å². The second-order valence-electron chi connectivity index (χ2n) is 7.26. The fourth-order valence-corrected chi connectivity index (χ4v) is 4.84. The molecule has 3 aromatic heterocycles. The second-order valence-corrected chi connectivity index (χ2v) is 9.22. The molecular weight excluding hydrogens is 477 g/mol. The third-order valence-electron chi connectivity index (χ3n) is 4.96. The normalized spacial score (nSPS) is 11.9.